The summed E-state index contributed by atoms with van der Waals surface area (Å²) in [6.45, 7) is 1.61. The van der Waals surface area contributed by atoms with Crippen LogP contribution in [0.2, 0.25) is 0 Å². The number of rotatable bonds is 4. The number of morpholine rings is 1. The molecule has 1 heterocycles. The zero-order valence-corrected chi connectivity index (χ0v) is 11.3. The zero-order valence-electron chi connectivity index (χ0n) is 9.71. The van der Waals surface area contributed by atoms with Crippen LogP contribution < -0.4 is 4.74 Å². The molecule has 0 radical (unpaired) electrons. The number of ether oxygens (including phenoxy) is 2. The standard InChI is InChI=1S/C11H14ClNO4S/c12-9-17-10-2-1-3-11(8-10)18(14,15)13-4-6-16-7-5-13/h1-3,8H,4-7,9H2. The van der Waals surface area contributed by atoms with Crippen molar-refractivity contribution in [3.63, 3.8) is 0 Å². The molecule has 1 aliphatic heterocycles. The first-order valence-corrected chi connectivity index (χ1v) is 7.49. The first kappa shape index (κ1) is 13.6. The van der Waals surface area contributed by atoms with Gasteiger partial charge in [0.25, 0.3) is 0 Å². The molecule has 0 saturated carbocycles. The fraction of sp³-hybridized carbons (Fsp3) is 0.455. The van der Waals surface area contributed by atoms with Crippen LogP contribution in [0.4, 0.5) is 0 Å². The van der Waals surface area contributed by atoms with Crippen LogP contribution in [-0.2, 0) is 14.8 Å². The van der Waals surface area contributed by atoms with Crippen molar-refractivity contribution in [1.82, 2.24) is 4.31 Å². The molecule has 100 valence electrons. The fourth-order valence-electron chi connectivity index (χ4n) is 1.72. The van der Waals surface area contributed by atoms with Crippen LogP contribution in [0, 0.1) is 0 Å². The molecule has 18 heavy (non-hydrogen) atoms. The Labute approximate surface area is 111 Å². The summed E-state index contributed by atoms with van der Waals surface area (Å²) in [5, 5.41) is 0. The van der Waals surface area contributed by atoms with Crippen LogP contribution in [0.25, 0.3) is 0 Å². The molecule has 0 unspecified atom stereocenters. The lowest BCUT2D eigenvalue weighted by molar-refractivity contribution is 0.0730. The third kappa shape index (κ3) is 2.95. The predicted molar refractivity (Wildman–Crippen MR) is 67.4 cm³/mol. The largest absolute Gasteiger partial charge is 0.478 e. The van der Waals surface area contributed by atoms with Gasteiger partial charge in [0.05, 0.1) is 18.1 Å². The van der Waals surface area contributed by atoms with E-state index in [4.69, 9.17) is 21.1 Å². The van der Waals surface area contributed by atoms with Gasteiger partial charge in [-0.05, 0) is 12.1 Å². The van der Waals surface area contributed by atoms with Gasteiger partial charge >= 0.3 is 0 Å². The van der Waals surface area contributed by atoms with Crippen molar-refractivity contribution >= 4 is 21.6 Å². The van der Waals surface area contributed by atoms with E-state index in [-0.39, 0.29) is 11.0 Å². The molecule has 1 aliphatic rings. The third-order valence-electron chi connectivity index (χ3n) is 2.63. The summed E-state index contributed by atoms with van der Waals surface area (Å²) in [5.41, 5.74) is 0. The minimum atomic E-state index is -3.47. The van der Waals surface area contributed by atoms with Crippen LogP contribution in [0.1, 0.15) is 0 Å². The van der Waals surface area contributed by atoms with Gasteiger partial charge in [-0.3, -0.25) is 0 Å². The van der Waals surface area contributed by atoms with Gasteiger partial charge < -0.3 is 9.47 Å². The first-order chi connectivity index (χ1) is 8.64. The maximum atomic E-state index is 12.3. The van der Waals surface area contributed by atoms with Crippen molar-refractivity contribution in [3.8, 4) is 5.75 Å². The van der Waals surface area contributed by atoms with Gasteiger partial charge in [-0.1, -0.05) is 17.7 Å². The number of halogens is 1. The molecule has 1 aromatic carbocycles. The molecule has 0 aromatic heterocycles. The van der Waals surface area contributed by atoms with Crippen molar-refractivity contribution in [2.24, 2.45) is 0 Å². The van der Waals surface area contributed by atoms with E-state index >= 15 is 0 Å². The first-order valence-electron chi connectivity index (χ1n) is 5.51. The summed E-state index contributed by atoms with van der Waals surface area (Å²) in [4.78, 5) is 0.215. The van der Waals surface area contributed by atoms with E-state index in [9.17, 15) is 8.42 Å². The van der Waals surface area contributed by atoms with Crippen molar-refractivity contribution in [3.05, 3.63) is 24.3 Å². The van der Waals surface area contributed by atoms with Crippen LogP contribution >= 0.6 is 11.6 Å². The number of nitrogens with zero attached hydrogens (tertiary/aromatic N) is 1. The Balaban J connectivity index is 2.25. The van der Waals surface area contributed by atoms with E-state index in [0.29, 0.717) is 32.1 Å². The van der Waals surface area contributed by atoms with Crippen molar-refractivity contribution in [2.45, 2.75) is 4.90 Å². The summed E-state index contributed by atoms with van der Waals surface area (Å²) in [6, 6.07) is 6.32. The van der Waals surface area contributed by atoms with Gasteiger partial charge in [0.15, 0.2) is 6.07 Å². The molecule has 0 amide bonds. The maximum absolute atomic E-state index is 12.3. The molecule has 5 nitrogen and oxygen atoms in total. The second-order valence-electron chi connectivity index (χ2n) is 3.74. The number of hydrogen-bond acceptors (Lipinski definition) is 4. The fourth-order valence-corrected chi connectivity index (χ4v) is 3.29. The van der Waals surface area contributed by atoms with Gasteiger partial charge in [-0.2, -0.15) is 4.31 Å². The highest BCUT2D eigenvalue weighted by atomic mass is 35.5. The minimum Gasteiger partial charge on any atom is -0.478 e. The predicted octanol–water partition coefficient (Wildman–Crippen LogP) is 1.28. The topological polar surface area (TPSA) is 55.8 Å². The van der Waals surface area contributed by atoms with Crippen LogP contribution in [0.15, 0.2) is 29.2 Å². The van der Waals surface area contributed by atoms with Gasteiger partial charge in [0, 0.05) is 19.2 Å². The number of sulfonamides is 1. The van der Waals surface area contributed by atoms with Crippen LogP contribution in [0.5, 0.6) is 5.75 Å². The molecule has 0 bridgehead atoms. The molecule has 2 rings (SSSR count). The average Bonchev–Trinajstić information content (AvgIpc) is 2.40. The number of hydrogen-bond donors (Lipinski definition) is 0. The molecule has 1 fully saturated rings. The number of benzene rings is 1. The lowest BCUT2D eigenvalue weighted by Gasteiger charge is -2.26. The Kier molecular flexibility index (Phi) is 4.45. The Morgan fingerprint density at radius 1 is 1.33 bits per heavy atom. The minimum absolute atomic E-state index is 0.0128. The Bertz CT molecular complexity index is 500. The Morgan fingerprint density at radius 2 is 2.06 bits per heavy atom. The average molecular weight is 292 g/mol. The van der Waals surface area contributed by atoms with Gasteiger partial charge in [0.1, 0.15) is 5.75 Å². The van der Waals surface area contributed by atoms with Gasteiger partial charge in [-0.25, -0.2) is 8.42 Å². The van der Waals surface area contributed by atoms with E-state index < -0.39 is 10.0 Å². The highest BCUT2D eigenvalue weighted by Crippen LogP contribution is 2.21. The smallest absolute Gasteiger partial charge is 0.243 e. The quantitative estimate of drug-likeness (QED) is 0.784. The normalized spacial score (nSPS) is 17.6. The number of alkyl halides is 1. The van der Waals surface area contributed by atoms with E-state index in [0.717, 1.165) is 0 Å². The van der Waals surface area contributed by atoms with E-state index in [1.807, 2.05) is 0 Å². The highest BCUT2D eigenvalue weighted by Gasteiger charge is 2.26. The Hall–Kier alpha value is -0.820. The van der Waals surface area contributed by atoms with Crippen molar-refractivity contribution in [2.75, 3.05) is 32.4 Å². The third-order valence-corrected chi connectivity index (χ3v) is 4.64. The second kappa shape index (κ2) is 5.88. The SMILES string of the molecule is O=S(=O)(c1cccc(OCCl)c1)N1CCOCC1. The van der Waals surface area contributed by atoms with E-state index in [1.54, 1.807) is 18.2 Å². The Morgan fingerprint density at radius 3 is 2.72 bits per heavy atom. The lowest BCUT2D eigenvalue weighted by atomic mass is 10.3. The summed E-state index contributed by atoms with van der Waals surface area (Å²) >= 11 is 5.45. The molecular formula is C11H14ClNO4S. The summed E-state index contributed by atoms with van der Waals surface area (Å²) in [7, 11) is -3.47. The molecule has 7 heteroatoms. The van der Waals surface area contributed by atoms with Crippen molar-refractivity contribution < 1.29 is 17.9 Å². The van der Waals surface area contributed by atoms with Gasteiger partial charge in [-0.15, -0.1) is 0 Å². The molecule has 0 atom stereocenters. The molecule has 0 N–H and O–H groups in total. The molecule has 0 aliphatic carbocycles. The molecular weight excluding hydrogens is 278 g/mol. The highest BCUT2D eigenvalue weighted by molar-refractivity contribution is 7.89. The maximum Gasteiger partial charge on any atom is 0.243 e. The lowest BCUT2D eigenvalue weighted by Crippen LogP contribution is -2.40. The monoisotopic (exact) mass is 291 g/mol. The molecule has 1 aromatic rings. The van der Waals surface area contributed by atoms with Crippen LogP contribution in [0.3, 0.4) is 0 Å². The van der Waals surface area contributed by atoms with Crippen LogP contribution in [-0.4, -0.2) is 45.1 Å². The molecule has 1 saturated heterocycles. The summed E-state index contributed by atoms with van der Waals surface area (Å²) < 4.78 is 36.3. The van der Waals surface area contributed by atoms with Gasteiger partial charge in [0.2, 0.25) is 10.0 Å². The van der Waals surface area contributed by atoms with E-state index in [2.05, 4.69) is 0 Å². The van der Waals surface area contributed by atoms with Crippen molar-refractivity contribution in [1.29, 1.82) is 0 Å². The second-order valence-corrected chi connectivity index (χ2v) is 5.90. The summed E-state index contributed by atoms with van der Waals surface area (Å²) in [5.74, 6) is 0.444. The zero-order chi connectivity index (χ0) is 13.0. The summed E-state index contributed by atoms with van der Waals surface area (Å²) in [6.07, 6.45) is 0. The molecule has 0 spiro atoms. The van der Waals surface area contributed by atoms with E-state index in [1.165, 1.54) is 10.4 Å².